The Morgan fingerprint density at radius 1 is 1.35 bits per heavy atom. The van der Waals surface area contributed by atoms with Crippen molar-refractivity contribution in [2.24, 2.45) is 0 Å². The largest absolute Gasteiger partial charge is 0.368 e. The molecule has 1 saturated heterocycles. The summed E-state index contributed by atoms with van der Waals surface area (Å²) in [6.07, 6.45) is 3.93. The normalized spacial score (nSPS) is 16.9. The molecule has 8 heteroatoms. The maximum Gasteiger partial charge on any atom is 0.255 e. The van der Waals surface area contributed by atoms with Gasteiger partial charge >= 0.3 is 0 Å². The topological polar surface area (TPSA) is 90.1 Å². The quantitative estimate of drug-likeness (QED) is 0.740. The third-order valence-corrected chi connectivity index (χ3v) is 4.60. The molecule has 1 unspecified atom stereocenters. The Hall–Kier alpha value is -2.51. The molecular weight excluding hydrogens is 356 g/mol. The number of nitrogens with one attached hydrogen (secondary N) is 1. The Kier molecular flexibility index (Phi) is 4.81. The number of benzene rings is 1. The minimum absolute atomic E-state index is 0.104. The minimum atomic E-state index is -0.253. The van der Waals surface area contributed by atoms with E-state index in [0.717, 1.165) is 30.4 Å². The first-order valence-electron chi connectivity index (χ1n) is 8.48. The maximum absolute atomic E-state index is 12.6. The molecule has 0 saturated carbocycles. The number of amides is 1. The number of fused-ring (bicyclic) bond motifs is 1. The maximum atomic E-state index is 12.6. The Labute approximate surface area is 154 Å². The highest BCUT2D eigenvalue weighted by molar-refractivity contribution is 6.35. The van der Waals surface area contributed by atoms with Crippen LogP contribution in [-0.2, 0) is 11.2 Å². The number of nitrogens with zero attached hydrogens (tertiary/aromatic N) is 3. The average molecular weight is 373 g/mol. The second kappa shape index (κ2) is 7.39. The number of hydrogen-bond acceptors (Lipinski definition) is 6. The van der Waals surface area contributed by atoms with Crippen molar-refractivity contribution >= 4 is 28.4 Å². The molecule has 1 amide bonds. The molecule has 0 spiro atoms. The first-order valence-corrected chi connectivity index (χ1v) is 8.85. The van der Waals surface area contributed by atoms with Gasteiger partial charge in [0.1, 0.15) is 6.10 Å². The summed E-state index contributed by atoms with van der Waals surface area (Å²) in [6, 6.07) is 7.08. The molecular formula is C18H17ClN4O3. The van der Waals surface area contributed by atoms with E-state index in [4.69, 9.17) is 20.9 Å². The number of aromatic nitrogens is 3. The molecule has 4 rings (SSSR count). The smallest absolute Gasteiger partial charge is 0.255 e. The van der Waals surface area contributed by atoms with Gasteiger partial charge in [-0.25, -0.2) is 0 Å². The van der Waals surface area contributed by atoms with Gasteiger partial charge in [-0.05, 0) is 31.0 Å². The van der Waals surface area contributed by atoms with E-state index in [2.05, 4.69) is 20.4 Å². The van der Waals surface area contributed by atoms with Gasteiger partial charge in [0, 0.05) is 31.2 Å². The summed E-state index contributed by atoms with van der Waals surface area (Å²) in [7, 11) is 0. The van der Waals surface area contributed by atoms with Gasteiger partial charge in [-0.15, -0.1) is 0 Å². The zero-order valence-electron chi connectivity index (χ0n) is 13.9. The summed E-state index contributed by atoms with van der Waals surface area (Å²) in [4.78, 5) is 21.2. The van der Waals surface area contributed by atoms with Crippen molar-refractivity contribution < 1.29 is 14.1 Å². The molecule has 1 aromatic carbocycles. The van der Waals surface area contributed by atoms with Crippen LogP contribution in [-0.4, -0.2) is 34.2 Å². The highest BCUT2D eigenvalue weighted by Crippen LogP contribution is 2.27. The standard InChI is InChI=1S/C18H17ClN4O3/c19-12-5-6-13-11(3-1-8-20-13)16(12)17(24)21-9-7-15-22-18(26-23-15)14-4-2-10-25-14/h1,3,5-6,8,14H,2,4,7,9-10H2,(H,21,24). The van der Waals surface area contributed by atoms with Gasteiger partial charge in [-0.1, -0.05) is 22.8 Å². The third kappa shape index (κ3) is 3.40. The fraction of sp³-hybridized carbons (Fsp3) is 0.333. The van der Waals surface area contributed by atoms with Crippen molar-refractivity contribution in [1.29, 1.82) is 0 Å². The van der Waals surface area contributed by atoms with Crippen molar-refractivity contribution in [3.05, 3.63) is 52.8 Å². The van der Waals surface area contributed by atoms with E-state index < -0.39 is 0 Å². The van der Waals surface area contributed by atoms with Gasteiger partial charge in [0.05, 0.1) is 16.1 Å². The molecule has 1 atom stereocenters. The van der Waals surface area contributed by atoms with Gasteiger partial charge in [0.2, 0.25) is 0 Å². The van der Waals surface area contributed by atoms with Crippen LogP contribution in [0.5, 0.6) is 0 Å². The summed E-state index contributed by atoms with van der Waals surface area (Å²) >= 11 is 6.23. The zero-order valence-corrected chi connectivity index (χ0v) is 14.7. The van der Waals surface area contributed by atoms with Crippen LogP contribution in [0.3, 0.4) is 0 Å². The molecule has 7 nitrogen and oxygen atoms in total. The fourth-order valence-corrected chi connectivity index (χ4v) is 3.26. The predicted molar refractivity (Wildman–Crippen MR) is 95.0 cm³/mol. The summed E-state index contributed by atoms with van der Waals surface area (Å²) < 4.78 is 10.8. The molecule has 1 aliphatic heterocycles. The minimum Gasteiger partial charge on any atom is -0.368 e. The Bertz CT molecular complexity index is 937. The van der Waals surface area contributed by atoms with Gasteiger partial charge < -0.3 is 14.6 Å². The number of carbonyl (C=O) groups excluding carboxylic acids is 1. The van der Waals surface area contributed by atoms with Gasteiger partial charge in [0.25, 0.3) is 11.8 Å². The average Bonchev–Trinajstić information content (AvgIpc) is 3.33. The van der Waals surface area contributed by atoms with Crippen LogP contribution in [0.25, 0.3) is 10.9 Å². The molecule has 0 radical (unpaired) electrons. The molecule has 1 fully saturated rings. The molecule has 3 heterocycles. The van der Waals surface area contributed by atoms with E-state index in [-0.39, 0.29) is 12.0 Å². The van der Waals surface area contributed by atoms with Crippen molar-refractivity contribution in [2.45, 2.75) is 25.4 Å². The van der Waals surface area contributed by atoms with Crippen LogP contribution >= 0.6 is 11.6 Å². The lowest BCUT2D eigenvalue weighted by atomic mass is 10.1. The molecule has 26 heavy (non-hydrogen) atoms. The summed E-state index contributed by atoms with van der Waals surface area (Å²) in [5.74, 6) is 0.796. The lowest BCUT2D eigenvalue weighted by molar-refractivity contribution is 0.0835. The van der Waals surface area contributed by atoms with E-state index in [1.54, 1.807) is 24.4 Å². The van der Waals surface area contributed by atoms with Crippen LogP contribution in [0.15, 0.2) is 35.0 Å². The van der Waals surface area contributed by atoms with Gasteiger partial charge in [-0.2, -0.15) is 4.98 Å². The monoisotopic (exact) mass is 372 g/mol. The number of pyridine rings is 1. The molecule has 3 aromatic rings. The molecule has 1 aliphatic rings. The number of hydrogen-bond donors (Lipinski definition) is 1. The molecule has 2 aromatic heterocycles. The predicted octanol–water partition coefficient (Wildman–Crippen LogP) is 3.10. The van der Waals surface area contributed by atoms with Crippen LogP contribution < -0.4 is 5.32 Å². The highest BCUT2D eigenvalue weighted by Gasteiger charge is 2.23. The summed E-state index contributed by atoms with van der Waals surface area (Å²) in [6.45, 7) is 1.09. The molecule has 134 valence electrons. The molecule has 1 N–H and O–H groups in total. The Morgan fingerprint density at radius 3 is 3.12 bits per heavy atom. The van der Waals surface area contributed by atoms with Crippen LogP contribution in [0.4, 0.5) is 0 Å². The number of carbonyl (C=O) groups is 1. The van der Waals surface area contributed by atoms with E-state index in [1.807, 2.05) is 6.07 Å². The van der Waals surface area contributed by atoms with Gasteiger partial charge in [0.15, 0.2) is 5.82 Å². The lowest BCUT2D eigenvalue weighted by Crippen LogP contribution is -2.26. The van der Waals surface area contributed by atoms with Crippen molar-refractivity contribution in [3.63, 3.8) is 0 Å². The van der Waals surface area contributed by atoms with E-state index in [1.165, 1.54) is 0 Å². The second-order valence-corrected chi connectivity index (χ2v) is 6.46. The summed E-state index contributed by atoms with van der Waals surface area (Å²) in [5, 5.41) is 7.91. The number of rotatable bonds is 5. The van der Waals surface area contributed by atoms with Gasteiger partial charge in [-0.3, -0.25) is 9.78 Å². The van der Waals surface area contributed by atoms with Crippen LogP contribution in [0.2, 0.25) is 5.02 Å². The van der Waals surface area contributed by atoms with Crippen LogP contribution in [0.1, 0.15) is 41.0 Å². The van der Waals surface area contributed by atoms with E-state index >= 15 is 0 Å². The zero-order chi connectivity index (χ0) is 17.9. The van der Waals surface area contributed by atoms with E-state index in [9.17, 15) is 4.79 Å². The third-order valence-electron chi connectivity index (χ3n) is 4.28. The van der Waals surface area contributed by atoms with Crippen LogP contribution in [0, 0.1) is 0 Å². The van der Waals surface area contributed by atoms with Crippen molar-refractivity contribution in [3.8, 4) is 0 Å². The first-order chi connectivity index (χ1) is 12.7. The molecule has 0 aliphatic carbocycles. The number of ether oxygens (including phenoxy) is 1. The second-order valence-electron chi connectivity index (χ2n) is 6.05. The van der Waals surface area contributed by atoms with Crippen molar-refractivity contribution in [1.82, 2.24) is 20.4 Å². The number of halogens is 1. The van der Waals surface area contributed by atoms with Crippen molar-refractivity contribution in [2.75, 3.05) is 13.2 Å². The first kappa shape index (κ1) is 16.9. The Balaban J connectivity index is 1.41. The SMILES string of the molecule is O=C(NCCc1noc(C2CCCO2)n1)c1c(Cl)ccc2ncccc12. The highest BCUT2D eigenvalue weighted by atomic mass is 35.5. The molecule has 0 bridgehead atoms. The lowest BCUT2D eigenvalue weighted by Gasteiger charge is -2.08. The van der Waals surface area contributed by atoms with E-state index in [0.29, 0.717) is 35.3 Å². The fourth-order valence-electron chi connectivity index (χ4n) is 3.01. The summed E-state index contributed by atoms with van der Waals surface area (Å²) in [5.41, 5.74) is 1.15. The Morgan fingerprint density at radius 2 is 2.27 bits per heavy atom.